The third-order valence-electron chi connectivity index (χ3n) is 5.63. The molecule has 1 aromatic carbocycles. The summed E-state index contributed by atoms with van der Waals surface area (Å²) in [6.45, 7) is 8.94. The van der Waals surface area contributed by atoms with E-state index in [2.05, 4.69) is 25.6 Å². The number of rotatable bonds is 6. The lowest BCUT2D eigenvalue weighted by Crippen LogP contribution is -2.48. The Morgan fingerprint density at radius 2 is 1.65 bits per heavy atom. The minimum Gasteiger partial charge on any atom is -0.444 e. The Hall–Kier alpha value is -4.27. The molecule has 37 heavy (non-hydrogen) atoms. The van der Waals surface area contributed by atoms with E-state index in [1.165, 1.54) is 12.1 Å². The van der Waals surface area contributed by atoms with Gasteiger partial charge in [0, 0.05) is 23.3 Å². The molecule has 192 valence electrons. The number of anilines is 1. The van der Waals surface area contributed by atoms with Gasteiger partial charge >= 0.3 is 6.09 Å². The second-order valence-electron chi connectivity index (χ2n) is 10.1. The highest BCUT2D eigenvalue weighted by Gasteiger charge is 2.27. The van der Waals surface area contributed by atoms with Gasteiger partial charge in [0.25, 0.3) is 0 Å². The molecule has 1 unspecified atom stereocenters. The average molecular weight is 504 g/mol. The number of nitrogens with zero attached hydrogens (tertiary/aromatic N) is 2. The van der Waals surface area contributed by atoms with Gasteiger partial charge in [-0.1, -0.05) is 13.8 Å². The second-order valence-corrected chi connectivity index (χ2v) is 10.1. The maximum absolute atomic E-state index is 13.6. The summed E-state index contributed by atoms with van der Waals surface area (Å²) in [5.41, 5.74) is 3.23. The number of fused-ring (bicyclic) bond motifs is 1. The first-order valence-corrected chi connectivity index (χ1v) is 12.0. The Balaban J connectivity index is 1.66. The molecule has 0 aliphatic carbocycles. The smallest absolute Gasteiger partial charge is 0.408 e. The monoisotopic (exact) mass is 503 g/mol. The van der Waals surface area contributed by atoms with Crippen molar-refractivity contribution in [3.63, 3.8) is 0 Å². The summed E-state index contributed by atoms with van der Waals surface area (Å²) in [5.74, 6) is -0.604. The molecule has 1 atom stereocenters. The number of ether oxygens (including phenoxy) is 1. The average Bonchev–Trinajstić information content (AvgIpc) is 3.21. The first kappa shape index (κ1) is 25.8. The number of aromatic nitrogens is 3. The van der Waals surface area contributed by atoms with Crippen LogP contribution in [0.3, 0.4) is 0 Å². The number of alkyl carbamates (subject to hydrolysis) is 1. The third kappa shape index (κ3) is 6.11. The standard InChI is InChI=1S/C28H30FN5O3/c1-16(2)23(34-27(36)37-28(3,4)5)26(35)32-21-11-10-20-22(17-12-14-30-15-13-17)24(33-25(20)31-21)18-6-8-19(29)9-7-18/h6-16,23H,1-5H3,(H,34,36)(H2,31,32,33,35). The summed E-state index contributed by atoms with van der Waals surface area (Å²) in [6, 6.07) is 12.7. The molecule has 4 aromatic rings. The Labute approximate surface area is 214 Å². The number of nitrogens with one attached hydrogen (secondary N) is 3. The maximum atomic E-state index is 13.6. The van der Waals surface area contributed by atoms with Crippen LogP contribution >= 0.6 is 0 Å². The van der Waals surface area contributed by atoms with Crippen molar-refractivity contribution in [3.8, 4) is 22.4 Å². The molecule has 0 spiro atoms. The maximum Gasteiger partial charge on any atom is 0.408 e. The fourth-order valence-corrected chi connectivity index (χ4v) is 3.97. The molecule has 0 fully saturated rings. The van der Waals surface area contributed by atoms with Gasteiger partial charge in [0.15, 0.2) is 0 Å². The van der Waals surface area contributed by atoms with E-state index in [1.54, 1.807) is 51.4 Å². The van der Waals surface area contributed by atoms with E-state index in [0.29, 0.717) is 11.5 Å². The van der Waals surface area contributed by atoms with E-state index < -0.39 is 23.6 Å². The normalized spacial score (nSPS) is 12.4. The van der Waals surface area contributed by atoms with Crippen LogP contribution in [-0.2, 0) is 9.53 Å². The molecule has 0 saturated heterocycles. The zero-order chi connectivity index (χ0) is 26.7. The number of carbonyl (C=O) groups is 2. The SMILES string of the molecule is CC(C)C(NC(=O)OC(C)(C)C)C(=O)Nc1ccc2c(-c3ccncc3)c(-c3ccc(F)cc3)[nH]c2n1. The number of H-pyrrole nitrogens is 1. The van der Waals surface area contributed by atoms with E-state index in [9.17, 15) is 14.0 Å². The molecule has 0 aliphatic rings. The topological polar surface area (TPSA) is 109 Å². The molecule has 4 rings (SSSR count). The summed E-state index contributed by atoms with van der Waals surface area (Å²) < 4.78 is 18.9. The molecule has 0 bridgehead atoms. The van der Waals surface area contributed by atoms with Crippen molar-refractivity contribution >= 4 is 28.9 Å². The van der Waals surface area contributed by atoms with E-state index in [-0.39, 0.29) is 11.7 Å². The van der Waals surface area contributed by atoms with Crippen LogP contribution in [0.1, 0.15) is 34.6 Å². The highest BCUT2D eigenvalue weighted by molar-refractivity contribution is 6.03. The number of benzene rings is 1. The lowest BCUT2D eigenvalue weighted by molar-refractivity contribution is -0.119. The lowest BCUT2D eigenvalue weighted by Gasteiger charge is -2.25. The largest absolute Gasteiger partial charge is 0.444 e. The predicted molar refractivity (Wildman–Crippen MR) is 141 cm³/mol. The Morgan fingerprint density at radius 3 is 2.27 bits per heavy atom. The predicted octanol–water partition coefficient (Wildman–Crippen LogP) is 5.92. The van der Waals surface area contributed by atoms with Crippen molar-refractivity contribution in [2.24, 2.45) is 5.92 Å². The van der Waals surface area contributed by atoms with Gasteiger partial charge in [0.2, 0.25) is 5.91 Å². The van der Waals surface area contributed by atoms with Crippen molar-refractivity contribution in [2.45, 2.75) is 46.3 Å². The quantitative estimate of drug-likeness (QED) is 0.303. The minimum atomic E-state index is -0.821. The van der Waals surface area contributed by atoms with Crippen LogP contribution in [0.15, 0.2) is 60.9 Å². The zero-order valence-corrected chi connectivity index (χ0v) is 21.4. The zero-order valence-electron chi connectivity index (χ0n) is 21.4. The van der Waals surface area contributed by atoms with E-state index in [4.69, 9.17) is 4.74 Å². The van der Waals surface area contributed by atoms with Crippen LogP contribution in [0.5, 0.6) is 0 Å². The van der Waals surface area contributed by atoms with Crippen molar-refractivity contribution in [2.75, 3.05) is 5.32 Å². The van der Waals surface area contributed by atoms with Gasteiger partial charge in [-0.3, -0.25) is 9.78 Å². The molecule has 0 aliphatic heterocycles. The molecule has 3 N–H and O–H groups in total. The highest BCUT2D eigenvalue weighted by atomic mass is 19.1. The summed E-state index contributed by atoms with van der Waals surface area (Å²) in [7, 11) is 0. The van der Waals surface area contributed by atoms with E-state index in [1.807, 2.05) is 32.0 Å². The molecule has 2 amide bonds. The number of amides is 2. The summed E-state index contributed by atoms with van der Waals surface area (Å²) in [5, 5.41) is 6.27. The molecule has 8 nitrogen and oxygen atoms in total. The number of hydrogen-bond acceptors (Lipinski definition) is 5. The van der Waals surface area contributed by atoms with Gasteiger partial charge in [0.1, 0.15) is 28.9 Å². The molecule has 9 heteroatoms. The van der Waals surface area contributed by atoms with E-state index >= 15 is 0 Å². The van der Waals surface area contributed by atoms with Gasteiger partial charge in [-0.05, 0) is 86.3 Å². The number of hydrogen-bond donors (Lipinski definition) is 3. The lowest BCUT2D eigenvalue weighted by atomic mass is 10.00. The van der Waals surface area contributed by atoms with Crippen LogP contribution in [0.25, 0.3) is 33.4 Å². The molecular weight excluding hydrogens is 473 g/mol. The van der Waals surface area contributed by atoms with Gasteiger partial charge in [-0.25, -0.2) is 14.2 Å². The minimum absolute atomic E-state index is 0.190. The first-order valence-electron chi connectivity index (χ1n) is 12.0. The second kappa shape index (κ2) is 10.4. The van der Waals surface area contributed by atoms with Gasteiger partial charge < -0.3 is 20.4 Å². The first-order chi connectivity index (χ1) is 17.5. The molecule has 3 aromatic heterocycles. The van der Waals surface area contributed by atoms with Crippen molar-refractivity contribution in [1.29, 1.82) is 0 Å². The van der Waals surface area contributed by atoms with Crippen LogP contribution in [0.2, 0.25) is 0 Å². The van der Waals surface area contributed by atoms with E-state index in [0.717, 1.165) is 27.8 Å². The molecule has 3 heterocycles. The van der Waals surface area contributed by atoms with Crippen LogP contribution in [0.4, 0.5) is 15.0 Å². The van der Waals surface area contributed by atoms with Crippen LogP contribution in [0, 0.1) is 11.7 Å². The van der Waals surface area contributed by atoms with Crippen molar-refractivity contribution < 1.29 is 18.7 Å². The van der Waals surface area contributed by atoms with Gasteiger partial charge in [-0.2, -0.15) is 0 Å². The molecule has 0 radical (unpaired) electrons. The van der Waals surface area contributed by atoms with Crippen molar-refractivity contribution in [3.05, 3.63) is 66.7 Å². The number of pyridine rings is 2. The van der Waals surface area contributed by atoms with Gasteiger partial charge in [0.05, 0.1) is 5.69 Å². The fraction of sp³-hybridized carbons (Fsp3) is 0.286. The number of halogens is 1. The Bertz CT molecular complexity index is 1410. The summed E-state index contributed by atoms with van der Waals surface area (Å²) in [4.78, 5) is 37.4. The summed E-state index contributed by atoms with van der Waals surface area (Å²) in [6.07, 6.45) is 2.74. The Kier molecular flexibility index (Phi) is 7.24. The fourth-order valence-electron chi connectivity index (χ4n) is 3.97. The third-order valence-corrected chi connectivity index (χ3v) is 5.63. The molecular formula is C28H30FN5O3. The van der Waals surface area contributed by atoms with Crippen molar-refractivity contribution in [1.82, 2.24) is 20.3 Å². The number of aromatic amines is 1. The van der Waals surface area contributed by atoms with Gasteiger partial charge in [-0.15, -0.1) is 0 Å². The molecule has 0 saturated carbocycles. The summed E-state index contributed by atoms with van der Waals surface area (Å²) >= 11 is 0. The Morgan fingerprint density at radius 1 is 0.973 bits per heavy atom. The highest BCUT2D eigenvalue weighted by Crippen LogP contribution is 2.38. The number of carbonyl (C=O) groups excluding carboxylic acids is 2. The van der Waals surface area contributed by atoms with Crippen LogP contribution in [-0.4, -0.2) is 38.6 Å². The van der Waals surface area contributed by atoms with Crippen LogP contribution < -0.4 is 10.6 Å².